The Balaban J connectivity index is 2.91. The maximum absolute atomic E-state index is 2.20. The van der Waals surface area contributed by atoms with E-state index in [0.29, 0.717) is 0 Å². The first-order valence-corrected chi connectivity index (χ1v) is 5.16. The molecule has 0 heterocycles. The van der Waals surface area contributed by atoms with Crippen molar-refractivity contribution in [2.75, 3.05) is 0 Å². The van der Waals surface area contributed by atoms with Gasteiger partial charge in [0.15, 0.2) is 0 Å². The van der Waals surface area contributed by atoms with Crippen molar-refractivity contribution in [3.63, 3.8) is 0 Å². The van der Waals surface area contributed by atoms with E-state index in [9.17, 15) is 0 Å². The molecule has 0 spiro atoms. The van der Waals surface area contributed by atoms with E-state index in [1.807, 2.05) is 0 Å². The number of rotatable bonds is 0. The Morgan fingerprint density at radius 1 is 0.818 bits per heavy atom. The summed E-state index contributed by atoms with van der Waals surface area (Å²) in [4.78, 5) is 0. The fourth-order valence-corrected chi connectivity index (χ4v) is 2.25. The van der Waals surface area contributed by atoms with Gasteiger partial charge in [0.1, 0.15) is 0 Å². The second kappa shape index (κ2) is 2.75. The quantitative estimate of drug-likeness (QED) is 0.560. The zero-order valence-corrected chi connectivity index (χ0v) is 9.22. The number of hydrogen-bond donors (Lipinski definition) is 0. The zero-order chi connectivity index (χ0) is 7.68. The van der Waals surface area contributed by atoms with Gasteiger partial charge in [0, 0.05) is 0 Å². The molecule has 2 rings (SSSR count). The van der Waals surface area contributed by atoms with Crippen molar-refractivity contribution in [2.45, 2.75) is 0 Å². The van der Waals surface area contributed by atoms with Crippen molar-refractivity contribution < 1.29 is 18.3 Å². The van der Waals surface area contributed by atoms with Gasteiger partial charge in [0.2, 0.25) is 0 Å². The summed E-state index contributed by atoms with van der Waals surface area (Å²) in [6.07, 6.45) is 0. The Labute approximate surface area is 75.9 Å². The van der Waals surface area contributed by atoms with Crippen molar-refractivity contribution in [3.05, 3.63) is 42.5 Å². The monoisotopic (exact) mass is 191 g/mol. The van der Waals surface area contributed by atoms with Crippen LogP contribution in [0.15, 0.2) is 42.5 Å². The minimum atomic E-state index is 1.24. The molecule has 0 atom stereocenters. The van der Waals surface area contributed by atoms with Crippen LogP contribution in [0, 0.1) is 0 Å². The molecular formula is C10H7Zn. The van der Waals surface area contributed by atoms with Crippen LogP contribution in [0.2, 0.25) is 0 Å². The first kappa shape index (κ1) is 7.00. The zero-order valence-electron chi connectivity index (χ0n) is 6.25. The summed E-state index contributed by atoms with van der Waals surface area (Å²) < 4.78 is 1.48. The van der Waals surface area contributed by atoms with Gasteiger partial charge in [0.25, 0.3) is 0 Å². The third kappa shape index (κ3) is 1.21. The molecule has 0 fully saturated rings. The molecule has 0 aliphatic heterocycles. The summed E-state index contributed by atoms with van der Waals surface area (Å²) in [6.45, 7) is 0. The van der Waals surface area contributed by atoms with Crippen LogP contribution in [0.25, 0.3) is 10.8 Å². The minimum absolute atomic E-state index is 1.24. The molecule has 0 saturated heterocycles. The third-order valence-corrected chi connectivity index (χ3v) is 3.17. The number of hydrogen-bond acceptors (Lipinski definition) is 0. The van der Waals surface area contributed by atoms with Gasteiger partial charge in [-0.25, -0.2) is 0 Å². The van der Waals surface area contributed by atoms with E-state index in [-0.39, 0.29) is 0 Å². The molecular weight excluding hydrogens is 185 g/mol. The first-order valence-electron chi connectivity index (χ1n) is 3.67. The Morgan fingerprint density at radius 2 is 1.55 bits per heavy atom. The Hall–Kier alpha value is -0.677. The van der Waals surface area contributed by atoms with Crippen LogP contribution in [-0.4, -0.2) is 0 Å². The van der Waals surface area contributed by atoms with Crippen LogP contribution in [-0.2, 0) is 18.3 Å². The molecule has 2 aromatic carbocycles. The standard InChI is InChI=1S/C10H7.Zn/c1-2-6-10-8-4-3-7-9(10)5-1;/h1-7H;. The predicted molar refractivity (Wildman–Crippen MR) is 43.6 cm³/mol. The molecule has 0 amide bonds. The summed E-state index contributed by atoms with van der Waals surface area (Å²) in [6, 6.07) is 15.0. The Morgan fingerprint density at radius 3 is 2.36 bits per heavy atom. The van der Waals surface area contributed by atoms with Crippen molar-refractivity contribution in [2.24, 2.45) is 0 Å². The molecule has 1 heteroatoms. The van der Waals surface area contributed by atoms with E-state index in [2.05, 4.69) is 42.5 Å². The topological polar surface area (TPSA) is 0 Å². The Kier molecular flexibility index (Phi) is 1.75. The van der Waals surface area contributed by atoms with E-state index in [0.717, 1.165) is 0 Å². The molecule has 0 aliphatic rings. The molecule has 0 saturated carbocycles. The fraction of sp³-hybridized carbons (Fsp3) is 0. The summed E-state index contributed by atoms with van der Waals surface area (Å²) in [5, 5.41) is 2.77. The predicted octanol–water partition coefficient (Wildman–Crippen LogP) is 2.01. The average Bonchev–Trinajstić information content (AvgIpc) is 2.06. The SMILES string of the molecule is [Zn][c]1cccc2ccccc12. The van der Waals surface area contributed by atoms with Gasteiger partial charge >= 0.3 is 75.7 Å². The van der Waals surface area contributed by atoms with Gasteiger partial charge < -0.3 is 0 Å². The molecule has 0 unspecified atom stereocenters. The van der Waals surface area contributed by atoms with Gasteiger partial charge in [-0.2, -0.15) is 0 Å². The average molecular weight is 193 g/mol. The van der Waals surface area contributed by atoms with E-state index in [4.69, 9.17) is 0 Å². The van der Waals surface area contributed by atoms with E-state index < -0.39 is 0 Å². The fourth-order valence-electron chi connectivity index (χ4n) is 1.29. The molecule has 0 radical (unpaired) electrons. The van der Waals surface area contributed by atoms with Crippen LogP contribution in [0.1, 0.15) is 0 Å². The van der Waals surface area contributed by atoms with Gasteiger partial charge in [-0.05, 0) is 0 Å². The number of benzene rings is 2. The molecule has 11 heavy (non-hydrogen) atoms. The van der Waals surface area contributed by atoms with E-state index >= 15 is 0 Å². The molecule has 2 aromatic rings. The van der Waals surface area contributed by atoms with Gasteiger partial charge in [0.05, 0.1) is 0 Å². The summed E-state index contributed by atoms with van der Waals surface area (Å²) in [5.74, 6) is 0. The van der Waals surface area contributed by atoms with Gasteiger partial charge in [-0.1, -0.05) is 0 Å². The molecule has 0 aliphatic carbocycles. The van der Waals surface area contributed by atoms with Gasteiger partial charge in [-0.3, -0.25) is 0 Å². The normalized spacial score (nSPS) is 10.4. The van der Waals surface area contributed by atoms with E-state index in [1.54, 1.807) is 0 Å². The van der Waals surface area contributed by atoms with Crippen molar-refractivity contribution in [3.8, 4) is 0 Å². The summed E-state index contributed by atoms with van der Waals surface area (Å²) in [5.41, 5.74) is 0. The van der Waals surface area contributed by atoms with Crippen molar-refractivity contribution in [1.82, 2.24) is 0 Å². The van der Waals surface area contributed by atoms with Gasteiger partial charge in [-0.15, -0.1) is 0 Å². The van der Waals surface area contributed by atoms with Crippen molar-refractivity contribution in [1.29, 1.82) is 0 Å². The second-order valence-electron chi connectivity index (χ2n) is 2.64. The molecule has 0 aromatic heterocycles. The summed E-state index contributed by atoms with van der Waals surface area (Å²) in [7, 11) is 0. The molecule has 0 N–H and O–H groups in total. The van der Waals surface area contributed by atoms with Crippen LogP contribution in [0.3, 0.4) is 0 Å². The van der Waals surface area contributed by atoms with E-state index in [1.165, 1.54) is 33.2 Å². The second-order valence-corrected chi connectivity index (χ2v) is 4.24. The maximum atomic E-state index is 2.20. The first-order chi connectivity index (χ1) is 5.38. The van der Waals surface area contributed by atoms with Crippen LogP contribution < -0.4 is 4.16 Å². The summed E-state index contributed by atoms with van der Waals surface area (Å²) >= 11 is 1.24. The molecule has 49 valence electrons. The van der Waals surface area contributed by atoms with Crippen molar-refractivity contribution >= 4 is 14.9 Å². The molecule has 0 nitrogen and oxygen atoms in total. The van der Waals surface area contributed by atoms with Crippen LogP contribution >= 0.6 is 0 Å². The number of fused-ring (bicyclic) bond motifs is 1. The van der Waals surface area contributed by atoms with Crippen LogP contribution in [0.4, 0.5) is 0 Å². The third-order valence-electron chi connectivity index (χ3n) is 1.88. The Bertz CT molecular complexity index is 374. The van der Waals surface area contributed by atoms with Crippen LogP contribution in [0.5, 0.6) is 0 Å². The molecule has 0 bridgehead atoms.